The van der Waals surface area contributed by atoms with Crippen LogP contribution in [-0.2, 0) is 0 Å². The third-order valence-electron chi connectivity index (χ3n) is 4.44. The zero-order valence-corrected chi connectivity index (χ0v) is 16.3. The Hall–Kier alpha value is -3.84. The van der Waals surface area contributed by atoms with E-state index in [4.69, 9.17) is 0 Å². The molecule has 0 bridgehead atoms. The van der Waals surface area contributed by atoms with Crippen LogP contribution in [0.5, 0.6) is 0 Å². The van der Waals surface area contributed by atoms with Crippen LogP contribution in [0, 0.1) is 20.2 Å². The standard InChI is InChI=1S/C20H20N2O10/c23-15(9-11-1-5-13(6-2-11)21(29)30)17(25)19(27)20(28)18(26)16(24)10-12-3-7-14(8-4-12)22(31)32/h1-10,17-20,23-28H/t17-,18+,19-,20-/m1/s1. The summed E-state index contributed by atoms with van der Waals surface area (Å²) in [7, 11) is 0. The second kappa shape index (κ2) is 10.5. The minimum atomic E-state index is -2.13. The summed E-state index contributed by atoms with van der Waals surface area (Å²) in [5.74, 6) is -1.62. The Balaban J connectivity index is 2.10. The van der Waals surface area contributed by atoms with Crippen LogP contribution in [0.3, 0.4) is 0 Å². The molecular weight excluding hydrogens is 428 g/mol. The van der Waals surface area contributed by atoms with Crippen LogP contribution < -0.4 is 0 Å². The Morgan fingerprint density at radius 1 is 0.656 bits per heavy atom. The van der Waals surface area contributed by atoms with Crippen molar-refractivity contribution in [1.29, 1.82) is 0 Å². The molecule has 4 atom stereocenters. The molecule has 0 heterocycles. The smallest absolute Gasteiger partial charge is 0.269 e. The quantitative estimate of drug-likeness (QED) is 0.185. The maximum Gasteiger partial charge on any atom is 0.269 e. The summed E-state index contributed by atoms with van der Waals surface area (Å²) in [6, 6.07) is 9.72. The Morgan fingerprint density at radius 2 is 0.938 bits per heavy atom. The molecule has 0 saturated carbocycles. The molecule has 0 spiro atoms. The number of non-ortho nitro benzene ring substituents is 2. The molecule has 0 aliphatic heterocycles. The monoisotopic (exact) mass is 448 g/mol. The molecule has 2 aromatic rings. The van der Waals surface area contributed by atoms with Crippen LogP contribution in [0.1, 0.15) is 11.1 Å². The van der Waals surface area contributed by atoms with E-state index in [9.17, 15) is 50.9 Å². The van der Waals surface area contributed by atoms with E-state index in [-0.39, 0.29) is 22.5 Å². The number of rotatable bonds is 9. The van der Waals surface area contributed by atoms with Gasteiger partial charge in [0.25, 0.3) is 11.4 Å². The molecule has 0 radical (unpaired) electrons. The fraction of sp³-hybridized carbons (Fsp3) is 0.200. The van der Waals surface area contributed by atoms with Gasteiger partial charge in [-0.15, -0.1) is 0 Å². The lowest BCUT2D eigenvalue weighted by Crippen LogP contribution is -2.45. The first-order valence-corrected chi connectivity index (χ1v) is 9.03. The van der Waals surface area contributed by atoms with Crippen LogP contribution in [0.2, 0.25) is 0 Å². The van der Waals surface area contributed by atoms with Gasteiger partial charge in [-0.25, -0.2) is 0 Å². The molecule has 2 rings (SSSR count). The van der Waals surface area contributed by atoms with Gasteiger partial charge in [0, 0.05) is 24.3 Å². The van der Waals surface area contributed by atoms with Crippen molar-refractivity contribution in [2.24, 2.45) is 0 Å². The van der Waals surface area contributed by atoms with Gasteiger partial charge < -0.3 is 30.6 Å². The number of nitrogens with zero attached hydrogens (tertiary/aromatic N) is 2. The normalized spacial score (nSPS) is 16.1. The van der Waals surface area contributed by atoms with Crippen LogP contribution in [0.4, 0.5) is 11.4 Å². The molecule has 12 heteroatoms. The van der Waals surface area contributed by atoms with Crippen LogP contribution in [0.25, 0.3) is 12.2 Å². The number of nitro groups is 2. The van der Waals surface area contributed by atoms with Gasteiger partial charge in [0.05, 0.1) is 9.85 Å². The summed E-state index contributed by atoms with van der Waals surface area (Å²) >= 11 is 0. The van der Waals surface area contributed by atoms with Crippen molar-refractivity contribution < 1.29 is 40.5 Å². The molecule has 0 unspecified atom stereocenters. The fourth-order valence-corrected chi connectivity index (χ4v) is 2.62. The lowest BCUT2D eigenvalue weighted by atomic mass is 9.98. The molecule has 32 heavy (non-hydrogen) atoms. The Bertz CT molecular complexity index is 934. The lowest BCUT2D eigenvalue weighted by molar-refractivity contribution is -0.385. The van der Waals surface area contributed by atoms with E-state index in [1.807, 2.05) is 0 Å². The van der Waals surface area contributed by atoms with Crippen LogP contribution in [0.15, 0.2) is 60.0 Å². The predicted octanol–water partition coefficient (Wildman–Crippen LogP) is 1.44. The predicted molar refractivity (Wildman–Crippen MR) is 111 cm³/mol. The zero-order chi connectivity index (χ0) is 24.0. The van der Waals surface area contributed by atoms with Gasteiger partial charge in [-0.1, -0.05) is 0 Å². The lowest BCUT2D eigenvalue weighted by Gasteiger charge is -2.26. The van der Waals surface area contributed by atoms with E-state index in [0.29, 0.717) is 0 Å². The van der Waals surface area contributed by atoms with E-state index in [2.05, 4.69) is 0 Å². The van der Waals surface area contributed by atoms with E-state index >= 15 is 0 Å². The van der Waals surface area contributed by atoms with Crippen molar-refractivity contribution in [2.45, 2.75) is 24.4 Å². The molecule has 2 aromatic carbocycles. The first-order valence-electron chi connectivity index (χ1n) is 9.03. The number of aliphatic hydroxyl groups excluding tert-OH is 6. The summed E-state index contributed by atoms with van der Waals surface area (Å²) in [4.78, 5) is 20.0. The highest BCUT2D eigenvalue weighted by atomic mass is 16.6. The molecule has 0 aliphatic rings. The van der Waals surface area contributed by atoms with Crippen molar-refractivity contribution in [3.8, 4) is 0 Å². The molecule has 0 fully saturated rings. The minimum Gasteiger partial charge on any atom is -0.509 e. The third kappa shape index (κ3) is 6.09. The van der Waals surface area contributed by atoms with E-state index in [1.165, 1.54) is 24.3 Å². The highest BCUT2D eigenvalue weighted by Crippen LogP contribution is 2.20. The van der Waals surface area contributed by atoms with Gasteiger partial charge in [0.1, 0.15) is 35.9 Å². The van der Waals surface area contributed by atoms with Gasteiger partial charge in [-0.3, -0.25) is 20.2 Å². The summed E-state index contributed by atoms with van der Waals surface area (Å²) < 4.78 is 0. The van der Waals surface area contributed by atoms with Crippen molar-refractivity contribution >= 4 is 23.5 Å². The topological polar surface area (TPSA) is 208 Å². The molecule has 12 nitrogen and oxygen atoms in total. The SMILES string of the molecule is O=[N+]([O-])c1ccc(C=C(O)[C@@H](O)[C@@H](O)[C@H](O)[C@@H](O)C(O)=Cc2ccc([N+](=O)[O-])cc2)cc1. The molecule has 0 aliphatic carbocycles. The Labute approximate surface area is 180 Å². The average Bonchev–Trinajstić information content (AvgIpc) is 2.77. The largest absolute Gasteiger partial charge is 0.509 e. The van der Waals surface area contributed by atoms with Crippen molar-refractivity contribution in [3.63, 3.8) is 0 Å². The second-order valence-corrected chi connectivity index (χ2v) is 6.71. The van der Waals surface area contributed by atoms with Gasteiger partial charge in [0.2, 0.25) is 0 Å². The second-order valence-electron chi connectivity index (χ2n) is 6.71. The maximum atomic E-state index is 10.6. The average molecular weight is 448 g/mol. The zero-order valence-electron chi connectivity index (χ0n) is 16.3. The van der Waals surface area contributed by atoms with Crippen LogP contribution in [-0.4, -0.2) is 64.9 Å². The van der Waals surface area contributed by atoms with Crippen molar-refractivity contribution in [1.82, 2.24) is 0 Å². The molecule has 0 amide bonds. The third-order valence-corrected chi connectivity index (χ3v) is 4.44. The minimum absolute atomic E-state index is 0.198. The summed E-state index contributed by atoms with van der Waals surface area (Å²) in [6.07, 6.45) is -6.42. The molecule has 0 aromatic heterocycles. The summed E-state index contributed by atoms with van der Waals surface area (Å²) in [5, 5.41) is 81.5. The first-order chi connectivity index (χ1) is 15.0. The molecule has 170 valence electrons. The fourth-order valence-electron chi connectivity index (χ4n) is 2.62. The number of hydrogen-bond acceptors (Lipinski definition) is 10. The number of nitro benzene ring substituents is 2. The van der Waals surface area contributed by atoms with E-state index in [1.54, 1.807) is 0 Å². The highest BCUT2D eigenvalue weighted by Gasteiger charge is 2.34. The van der Waals surface area contributed by atoms with Gasteiger partial charge in [-0.05, 0) is 47.5 Å². The molecule has 6 N–H and O–H groups in total. The highest BCUT2D eigenvalue weighted by molar-refractivity contribution is 5.55. The number of aliphatic hydroxyl groups is 6. The van der Waals surface area contributed by atoms with Gasteiger partial charge >= 0.3 is 0 Å². The van der Waals surface area contributed by atoms with E-state index < -0.39 is 45.8 Å². The number of hydrogen-bond donors (Lipinski definition) is 6. The summed E-state index contributed by atoms with van der Waals surface area (Å²) in [6.45, 7) is 0. The molecule has 0 saturated heterocycles. The summed E-state index contributed by atoms with van der Waals surface area (Å²) in [5.41, 5.74) is 0.0951. The van der Waals surface area contributed by atoms with Gasteiger partial charge in [-0.2, -0.15) is 0 Å². The Kier molecular flexibility index (Phi) is 7.98. The van der Waals surface area contributed by atoms with Crippen LogP contribution >= 0.6 is 0 Å². The maximum absolute atomic E-state index is 10.6. The Morgan fingerprint density at radius 3 is 1.19 bits per heavy atom. The van der Waals surface area contributed by atoms with Crippen molar-refractivity contribution in [2.75, 3.05) is 0 Å². The van der Waals surface area contributed by atoms with Crippen molar-refractivity contribution in [3.05, 3.63) is 91.4 Å². The number of benzene rings is 2. The molecular formula is C20H20N2O10. The van der Waals surface area contributed by atoms with Gasteiger partial charge in [0.15, 0.2) is 0 Å². The van der Waals surface area contributed by atoms with E-state index in [0.717, 1.165) is 36.4 Å². The first kappa shape index (κ1) is 24.4.